The van der Waals surface area contributed by atoms with E-state index in [9.17, 15) is 4.79 Å². The van der Waals surface area contributed by atoms with Gasteiger partial charge in [0, 0.05) is 31.2 Å². The van der Waals surface area contributed by atoms with Gasteiger partial charge in [-0.05, 0) is 36.8 Å². The first-order valence-corrected chi connectivity index (χ1v) is 8.26. The van der Waals surface area contributed by atoms with Crippen LogP contribution < -0.4 is 10.2 Å². The van der Waals surface area contributed by atoms with Gasteiger partial charge < -0.3 is 10.2 Å². The van der Waals surface area contributed by atoms with Crippen molar-refractivity contribution in [2.75, 3.05) is 11.9 Å². The van der Waals surface area contributed by atoms with E-state index in [-0.39, 0.29) is 11.9 Å². The Morgan fingerprint density at radius 2 is 1.95 bits per heavy atom. The highest BCUT2D eigenvalue weighted by Crippen LogP contribution is 2.34. The molecule has 1 aromatic rings. The van der Waals surface area contributed by atoms with Crippen LogP contribution in [0.2, 0.25) is 0 Å². The van der Waals surface area contributed by atoms with Gasteiger partial charge in [0.1, 0.15) is 0 Å². The number of para-hydroxylation sites is 1. The summed E-state index contributed by atoms with van der Waals surface area (Å²) in [7, 11) is 1.88. The molecule has 3 nitrogen and oxygen atoms in total. The fourth-order valence-corrected chi connectivity index (χ4v) is 3.73. The molecule has 1 aliphatic heterocycles. The number of rotatable bonds is 2. The number of amides is 1. The van der Waals surface area contributed by atoms with E-state index in [0.717, 1.165) is 11.6 Å². The molecule has 21 heavy (non-hydrogen) atoms. The smallest absolute Gasteiger partial charge is 0.228 e. The third-order valence-electron chi connectivity index (χ3n) is 5.12. The Bertz CT molecular complexity index is 514. The molecule has 3 rings (SSSR count). The minimum absolute atomic E-state index is 0.184. The van der Waals surface area contributed by atoms with Crippen molar-refractivity contribution < 1.29 is 4.79 Å². The lowest BCUT2D eigenvalue weighted by Crippen LogP contribution is -2.41. The largest absolute Gasteiger partial charge is 0.315 e. The van der Waals surface area contributed by atoms with Crippen LogP contribution in [0.25, 0.3) is 0 Å². The Kier molecular flexibility index (Phi) is 4.29. The van der Waals surface area contributed by atoms with E-state index < -0.39 is 0 Å². The number of carbonyl (C=O) groups excluding carboxylic acids is 1. The van der Waals surface area contributed by atoms with Gasteiger partial charge in [0.05, 0.1) is 0 Å². The van der Waals surface area contributed by atoms with Crippen molar-refractivity contribution in [3.8, 4) is 0 Å². The lowest BCUT2D eigenvalue weighted by molar-refractivity contribution is -0.119. The molecule has 1 saturated carbocycles. The van der Waals surface area contributed by atoms with Gasteiger partial charge in [-0.25, -0.2) is 0 Å². The van der Waals surface area contributed by atoms with Crippen LogP contribution in [0.4, 0.5) is 5.69 Å². The maximum atomic E-state index is 12.2. The van der Waals surface area contributed by atoms with Crippen LogP contribution in [0.5, 0.6) is 0 Å². The van der Waals surface area contributed by atoms with Crippen molar-refractivity contribution in [3.05, 3.63) is 29.8 Å². The summed E-state index contributed by atoms with van der Waals surface area (Å²) in [6.07, 6.45) is 7.03. The molecule has 1 aromatic carbocycles. The Morgan fingerprint density at radius 1 is 1.14 bits per heavy atom. The first-order valence-electron chi connectivity index (χ1n) is 8.26. The maximum absolute atomic E-state index is 12.2. The summed E-state index contributed by atoms with van der Waals surface area (Å²) in [6.45, 7) is 2.36. The lowest BCUT2D eigenvalue weighted by atomic mass is 9.94. The van der Waals surface area contributed by atoms with E-state index in [1.807, 2.05) is 13.1 Å². The summed E-state index contributed by atoms with van der Waals surface area (Å²) in [6, 6.07) is 9.04. The van der Waals surface area contributed by atoms with Crippen LogP contribution in [0.15, 0.2) is 24.3 Å². The van der Waals surface area contributed by atoms with Crippen molar-refractivity contribution in [3.63, 3.8) is 0 Å². The summed E-state index contributed by atoms with van der Waals surface area (Å²) in [5.41, 5.74) is 2.34. The van der Waals surface area contributed by atoms with Gasteiger partial charge in [0.25, 0.3) is 0 Å². The van der Waals surface area contributed by atoms with Crippen LogP contribution in [0, 0.1) is 5.92 Å². The predicted molar refractivity (Wildman–Crippen MR) is 86.4 cm³/mol. The van der Waals surface area contributed by atoms with Crippen LogP contribution in [-0.2, 0) is 4.79 Å². The minimum Gasteiger partial charge on any atom is -0.315 e. The van der Waals surface area contributed by atoms with E-state index in [1.54, 1.807) is 4.90 Å². The molecule has 114 valence electrons. The third kappa shape index (κ3) is 3.13. The fourth-order valence-electron chi connectivity index (χ4n) is 3.73. The summed E-state index contributed by atoms with van der Waals surface area (Å²) >= 11 is 0. The van der Waals surface area contributed by atoms with E-state index in [2.05, 4.69) is 30.4 Å². The van der Waals surface area contributed by atoms with Gasteiger partial charge in [-0.1, -0.05) is 38.0 Å². The molecule has 1 heterocycles. The molecular formula is C18H26N2O. The minimum atomic E-state index is 0.184. The molecule has 1 aliphatic carbocycles. The Hall–Kier alpha value is -1.35. The molecule has 3 atom stereocenters. The second-order valence-corrected chi connectivity index (χ2v) is 6.75. The van der Waals surface area contributed by atoms with Crippen molar-refractivity contribution in [1.29, 1.82) is 0 Å². The van der Waals surface area contributed by atoms with Gasteiger partial charge in [0.15, 0.2) is 0 Å². The van der Waals surface area contributed by atoms with Gasteiger partial charge >= 0.3 is 0 Å². The number of hydrogen-bond donors (Lipinski definition) is 1. The number of carbonyl (C=O) groups is 1. The number of nitrogens with zero attached hydrogens (tertiary/aromatic N) is 1. The van der Waals surface area contributed by atoms with Crippen LogP contribution >= 0.6 is 0 Å². The van der Waals surface area contributed by atoms with E-state index in [4.69, 9.17) is 0 Å². The molecule has 0 radical (unpaired) electrons. The standard InChI is InChI=1S/C18H26N2O/c1-13-6-5-7-14(11-10-13)19-16-12-18(21)20(2)17-9-4-3-8-15(16)17/h3-4,8-9,13-14,16,19H,5-7,10-12H2,1-2H3. The van der Waals surface area contributed by atoms with E-state index in [1.165, 1.54) is 37.7 Å². The zero-order valence-corrected chi connectivity index (χ0v) is 13.1. The first-order chi connectivity index (χ1) is 10.1. The number of anilines is 1. The van der Waals surface area contributed by atoms with Gasteiger partial charge in [0.2, 0.25) is 5.91 Å². The van der Waals surface area contributed by atoms with Crippen molar-refractivity contribution >= 4 is 11.6 Å². The van der Waals surface area contributed by atoms with Crippen molar-refractivity contribution in [1.82, 2.24) is 5.32 Å². The molecule has 1 fully saturated rings. The molecular weight excluding hydrogens is 260 g/mol. The second-order valence-electron chi connectivity index (χ2n) is 6.75. The molecule has 0 aromatic heterocycles. The van der Waals surface area contributed by atoms with Crippen LogP contribution in [-0.4, -0.2) is 19.0 Å². The molecule has 0 bridgehead atoms. The fraction of sp³-hybridized carbons (Fsp3) is 0.611. The van der Waals surface area contributed by atoms with E-state index >= 15 is 0 Å². The third-order valence-corrected chi connectivity index (χ3v) is 5.12. The monoisotopic (exact) mass is 286 g/mol. The second kappa shape index (κ2) is 6.18. The highest BCUT2D eigenvalue weighted by Gasteiger charge is 2.30. The highest BCUT2D eigenvalue weighted by atomic mass is 16.2. The average molecular weight is 286 g/mol. The zero-order chi connectivity index (χ0) is 14.8. The molecule has 2 aliphatic rings. The Labute approximate surface area is 127 Å². The molecule has 3 heteroatoms. The SMILES string of the molecule is CC1CCCC(NC2CC(=O)N(C)c3ccccc32)CC1. The first kappa shape index (κ1) is 14.6. The number of benzene rings is 1. The Balaban J connectivity index is 1.76. The summed E-state index contributed by atoms with van der Waals surface area (Å²) < 4.78 is 0. The van der Waals surface area contributed by atoms with Crippen molar-refractivity contribution in [2.45, 2.75) is 57.5 Å². The summed E-state index contributed by atoms with van der Waals surface area (Å²) in [5, 5.41) is 3.78. The predicted octanol–water partition coefficient (Wildman–Crippen LogP) is 3.65. The number of nitrogens with one attached hydrogen (secondary N) is 1. The van der Waals surface area contributed by atoms with Crippen LogP contribution in [0.1, 0.15) is 57.1 Å². The average Bonchev–Trinajstić information content (AvgIpc) is 2.69. The molecule has 1 N–H and O–H groups in total. The lowest BCUT2D eigenvalue weighted by Gasteiger charge is -2.34. The number of fused-ring (bicyclic) bond motifs is 1. The van der Waals surface area contributed by atoms with Gasteiger partial charge in [-0.2, -0.15) is 0 Å². The Morgan fingerprint density at radius 3 is 2.81 bits per heavy atom. The van der Waals surface area contributed by atoms with E-state index in [0.29, 0.717) is 12.5 Å². The normalized spacial score (nSPS) is 29.9. The maximum Gasteiger partial charge on any atom is 0.228 e. The number of hydrogen-bond acceptors (Lipinski definition) is 2. The van der Waals surface area contributed by atoms with Gasteiger partial charge in [-0.15, -0.1) is 0 Å². The quantitative estimate of drug-likeness (QED) is 0.842. The van der Waals surface area contributed by atoms with Crippen molar-refractivity contribution in [2.24, 2.45) is 5.92 Å². The molecule has 1 amide bonds. The summed E-state index contributed by atoms with van der Waals surface area (Å²) in [4.78, 5) is 14.0. The van der Waals surface area contributed by atoms with Crippen LogP contribution in [0.3, 0.4) is 0 Å². The topological polar surface area (TPSA) is 32.3 Å². The zero-order valence-electron chi connectivity index (χ0n) is 13.1. The molecule has 3 unspecified atom stereocenters. The molecule has 0 spiro atoms. The molecule has 0 saturated heterocycles. The highest BCUT2D eigenvalue weighted by molar-refractivity contribution is 5.96. The van der Waals surface area contributed by atoms with Gasteiger partial charge in [-0.3, -0.25) is 4.79 Å². The summed E-state index contributed by atoms with van der Waals surface area (Å²) in [5.74, 6) is 1.07.